The molecule has 6 heteroatoms. The molecule has 0 bridgehead atoms. The van der Waals surface area contributed by atoms with Crippen molar-refractivity contribution >= 4 is 33.7 Å². The van der Waals surface area contributed by atoms with E-state index in [-0.39, 0.29) is 16.6 Å². The van der Waals surface area contributed by atoms with Crippen molar-refractivity contribution in [2.75, 3.05) is 5.75 Å². The molecule has 1 N–H and O–H groups in total. The molecule has 0 saturated heterocycles. The highest BCUT2D eigenvalue weighted by molar-refractivity contribution is 8.39. The first kappa shape index (κ1) is 14.4. The summed E-state index contributed by atoms with van der Waals surface area (Å²) in [6.45, 7) is 5.82. The Morgan fingerprint density at radius 1 is 1.47 bits per heavy atom. The summed E-state index contributed by atoms with van der Waals surface area (Å²) in [6, 6.07) is 5.81. The standard InChI is InChI=1S/C13H17N3OS2/c1-13(2,3)10(17)8-18-12-16-15-11(19-12)9-6-4-5-7-14-9/h4-7,11,15H,8H2,1-3H3/t11-/m1/s1. The summed E-state index contributed by atoms with van der Waals surface area (Å²) >= 11 is 3.09. The molecule has 0 amide bonds. The summed E-state index contributed by atoms with van der Waals surface area (Å²) in [4.78, 5) is 16.2. The first-order chi connectivity index (χ1) is 8.97. The number of hydrogen-bond donors (Lipinski definition) is 1. The van der Waals surface area contributed by atoms with Crippen molar-refractivity contribution in [3.63, 3.8) is 0 Å². The Hall–Kier alpha value is -1.01. The van der Waals surface area contributed by atoms with Crippen LogP contribution in [-0.2, 0) is 4.79 Å². The van der Waals surface area contributed by atoms with Gasteiger partial charge in [0.05, 0.1) is 11.4 Å². The Bertz CT molecular complexity index is 482. The number of Topliss-reactive ketones (excluding diaryl/α,β-unsaturated/α-hetero) is 1. The van der Waals surface area contributed by atoms with Gasteiger partial charge in [0, 0.05) is 11.6 Å². The number of carbonyl (C=O) groups excluding carboxylic acids is 1. The predicted octanol–water partition coefficient (Wildman–Crippen LogP) is 3.04. The lowest BCUT2D eigenvalue weighted by atomic mass is 9.92. The Morgan fingerprint density at radius 2 is 2.26 bits per heavy atom. The van der Waals surface area contributed by atoms with Crippen molar-refractivity contribution in [3.8, 4) is 0 Å². The molecule has 2 rings (SSSR count). The van der Waals surface area contributed by atoms with Gasteiger partial charge in [-0.25, -0.2) is 0 Å². The number of nitrogens with one attached hydrogen (secondary N) is 1. The van der Waals surface area contributed by atoms with Gasteiger partial charge in [-0.05, 0) is 12.1 Å². The van der Waals surface area contributed by atoms with E-state index < -0.39 is 0 Å². The van der Waals surface area contributed by atoms with Crippen LogP contribution in [0.15, 0.2) is 29.5 Å². The van der Waals surface area contributed by atoms with Crippen LogP contribution in [0.5, 0.6) is 0 Å². The summed E-state index contributed by atoms with van der Waals surface area (Å²) in [5.41, 5.74) is 3.71. The second kappa shape index (κ2) is 5.96. The van der Waals surface area contributed by atoms with Gasteiger partial charge in [-0.15, -0.1) is 0 Å². The third-order valence-corrected chi connectivity index (χ3v) is 4.87. The first-order valence-corrected chi connectivity index (χ1v) is 7.90. The highest BCUT2D eigenvalue weighted by Gasteiger charge is 2.25. The second-order valence-electron chi connectivity index (χ2n) is 5.22. The van der Waals surface area contributed by atoms with Crippen LogP contribution in [0, 0.1) is 5.41 Å². The Balaban J connectivity index is 1.84. The normalized spacial score (nSPS) is 18.9. The minimum Gasteiger partial charge on any atom is -0.298 e. The summed E-state index contributed by atoms with van der Waals surface area (Å²) < 4.78 is 0.897. The number of aromatic nitrogens is 1. The Labute approximate surface area is 121 Å². The molecule has 102 valence electrons. The lowest BCUT2D eigenvalue weighted by Crippen LogP contribution is -2.22. The van der Waals surface area contributed by atoms with Crippen LogP contribution in [0.1, 0.15) is 31.8 Å². The zero-order valence-electron chi connectivity index (χ0n) is 11.2. The zero-order valence-corrected chi connectivity index (χ0v) is 12.8. The molecule has 0 fully saturated rings. The summed E-state index contributed by atoms with van der Waals surface area (Å²) in [5, 5.41) is 4.30. The third-order valence-electron chi connectivity index (χ3n) is 2.61. The van der Waals surface area contributed by atoms with Crippen LogP contribution in [0.4, 0.5) is 0 Å². The van der Waals surface area contributed by atoms with Crippen LogP contribution in [0.25, 0.3) is 0 Å². The number of ketones is 1. The van der Waals surface area contributed by atoms with Gasteiger partial charge in [0.25, 0.3) is 0 Å². The highest BCUT2D eigenvalue weighted by atomic mass is 32.2. The molecule has 0 saturated carbocycles. The molecule has 0 aromatic carbocycles. The van der Waals surface area contributed by atoms with Gasteiger partial charge >= 0.3 is 0 Å². The quantitative estimate of drug-likeness (QED) is 0.929. The maximum absolute atomic E-state index is 11.9. The van der Waals surface area contributed by atoms with Gasteiger partial charge in [-0.1, -0.05) is 50.4 Å². The lowest BCUT2D eigenvalue weighted by molar-refractivity contribution is -0.123. The van der Waals surface area contributed by atoms with Crippen molar-refractivity contribution in [2.45, 2.75) is 26.1 Å². The van der Waals surface area contributed by atoms with Gasteiger partial charge in [0.1, 0.15) is 11.2 Å². The smallest absolute Gasteiger partial charge is 0.152 e. The number of hydrazone groups is 1. The summed E-state index contributed by atoms with van der Waals surface area (Å²) in [7, 11) is 0. The lowest BCUT2D eigenvalue weighted by Gasteiger charge is -2.15. The molecule has 1 atom stereocenters. The van der Waals surface area contributed by atoms with E-state index in [2.05, 4.69) is 15.5 Å². The Morgan fingerprint density at radius 3 is 2.89 bits per heavy atom. The van der Waals surface area contributed by atoms with Crippen molar-refractivity contribution in [2.24, 2.45) is 10.5 Å². The third kappa shape index (κ3) is 3.98. The van der Waals surface area contributed by atoms with Gasteiger partial charge in [-0.3, -0.25) is 15.2 Å². The van der Waals surface area contributed by atoms with E-state index in [1.165, 1.54) is 11.8 Å². The van der Waals surface area contributed by atoms with E-state index in [0.717, 1.165) is 10.1 Å². The second-order valence-corrected chi connectivity index (χ2v) is 7.54. The molecule has 0 aliphatic carbocycles. The molecule has 4 nitrogen and oxygen atoms in total. The van der Waals surface area contributed by atoms with Crippen molar-refractivity contribution in [1.82, 2.24) is 10.4 Å². The molecule has 0 unspecified atom stereocenters. The van der Waals surface area contributed by atoms with Gasteiger partial charge in [-0.2, -0.15) is 5.10 Å². The molecule has 2 heterocycles. The van der Waals surface area contributed by atoms with Crippen molar-refractivity contribution in [3.05, 3.63) is 30.1 Å². The molecule has 0 radical (unpaired) electrons. The van der Waals surface area contributed by atoms with E-state index in [1.54, 1.807) is 18.0 Å². The fraction of sp³-hybridized carbons (Fsp3) is 0.462. The average Bonchev–Trinajstić information content (AvgIpc) is 2.84. The van der Waals surface area contributed by atoms with E-state index >= 15 is 0 Å². The first-order valence-electron chi connectivity index (χ1n) is 6.04. The van der Waals surface area contributed by atoms with Gasteiger partial charge in [0.2, 0.25) is 0 Å². The fourth-order valence-corrected chi connectivity index (χ4v) is 3.55. The van der Waals surface area contributed by atoms with E-state index in [0.29, 0.717) is 5.75 Å². The van der Waals surface area contributed by atoms with E-state index in [9.17, 15) is 4.79 Å². The molecule has 1 aromatic heterocycles. The number of rotatable bonds is 3. The molecule has 19 heavy (non-hydrogen) atoms. The van der Waals surface area contributed by atoms with Crippen LogP contribution < -0.4 is 5.43 Å². The topological polar surface area (TPSA) is 54.4 Å². The SMILES string of the molecule is CC(C)(C)C(=O)CSC1=NN[C@@H](c2ccccn2)S1. The number of hydrogen-bond acceptors (Lipinski definition) is 6. The highest BCUT2D eigenvalue weighted by Crippen LogP contribution is 2.35. The molecule has 1 aliphatic rings. The molecular weight excluding hydrogens is 278 g/mol. The van der Waals surface area contributed by atoms with Crippen molar-refractivity contribution < 1.29 is 4.79 Å². The maximum Gasteiger partial charge on any atom is 0.152 e. The number of nitrogens with zero attached hydrogens (tertiary/aromatic N) is 2. The van der Waals surface area contributed by atoms with Gasteiger partial charge < -0.3 is 0 Å². The minimum atomic E-state index is -0.287. The van der Waals surface area contributed by atoms with Crippen LogP contribution in [0.3, 0.4) is 0 Å². The van der Waals surface area contributed by atoms with Crippen molar-refractivity contribution in [1.29, 1.82) is 0 Å². The largest absolute Gasteiger partial charge is 0.298 e. The predicted molar refractivity (Wildman–Crippen MR) is 82.1 cm³/mol. The average molecular weight is 295 g/mol. The van der Waals surface area contributed by atoms with E-state index in [1.807, 2.05) is 39.0 Å². The van der Waals surface area contributed by atoms with Crippen LogP contribution in [-0.4, -0.2) is 20.9 Å². The summed E-state index contributed by atoms with van der Waals surface area (Å²) in [6.07, 6.45) is 1.77. The molecule has 0 spiro atoms. The zero-order chi connectivity index (χ0) is 13.9. The fourth-order valence-electron chi connectivity index (χ4n) is 1.33. The van der Waals surface area contributed by atoms with Crippen LogP contribution >= 0.6 is 23.5 Å². The molecule has 1 aromatic rings. The number of pyridine rings is 1. The Kier molecular flexibility index (Phi) is 4.52. The van der Waals surface area contributed by atoms with E-state index in [4.69, 9.17) is 0 Å². The van der Waals surface area contributed by atoms with Crippen LogP contribution in [0.2, 0.25) is 0 Å². The summed E-state index contributed by atoms with van der Waals surface area (Å²) in [5.74, 6) is 0.702. The number of thioether (sulfide) groups is 2. The number of carbonyl (C=O) groups is 1. The molecular formula is C13H17N3OS2. The minimum absolute atomic E-state index is 0.0495. The van der Waals surface area contributed by atoms with Gasteiger partial charge in [0.15, 0.2) is 4.38 Å². The maximum atomic E-state index is 11.9. The molecule has 1 aliphatic heterocycles. The monoisotopic (exact) mass is 295 g/mol.